The Morgan fingerprint density at radius 3 is 2.59 bits per heavy atom. The summed E-state index contributed by atoms with van der Waals surface area (Å²) >= 11 is 0. The van der Waals surface area contributed by atoms with Crippen molar-refractivity contribution < 1.29 is 14.6 Å². The molecular formula is C13H19NO3. The average Bonchev–Trinajstić information content (AvgIpc) is 2.22. The summed E-state index contributed by atoms with van der Waals surface area (Å²) in [6.07, 6.45) is 0. The first-order chi connectivity index (χ1) is 7.89. The second-order valence-electron chi connectivity index (χ2n) is 4.51. The molecule has 1 unspecified atom stereocenters. The van der Waals surface area contributed by atoms with E-state index in [0.717, 1.165) is 16.8 Å². The molecule has 0 aliphatic rings. The molecule has 0 aliphatic heterocycles. The number of carboxylic acid groups (broad SMARTS) is 1. The van der Waals surface area contributed by atoms with Gasteiger partial charge in [0.25, 0.3) is 0 Å². The lowest BCUT2D eigenvalue weighted by molar-refractivity contribution is -0.143. The Bertz CT molecular complexity index is 417. The number of ether oxygens (including phenoxy) is 1. The van der Waals surface area contributed by atoms with Gasteiger partial charge in [-0.2, -0.15) is 0 Å². The zero-order valence-corrected chi connectivity index (χ0v) is 10.7. The highest BCUT2D eigenvalue weighted by molar-refractivity contribution is 5.82. The maximum atomic E-state index is 11.3. The Hall–Kier alpha value is -1.55. The molecule has 4 heteroatoms. The van der Waals surface area contributed by atoms with Crippen molar-refractivity contribution in [3.8, 4) is 0 Å². The monoisotopic (exact) mass is 237 g/mol. The summed E-state index contributed by atoms with van der Waals surface area (Å²) < 4.78 is 4.96. The molecule has 0 heterocycles. The summed E-state index contributed by atoms with van der Waals surface area (Å²) in [7, 11) is 1.49. The van der Waals surface area contributed by atoms with Crippen molar-refractivity contribution in [2.75, 3.05) is 19.0 Å². The highest BCUT2D eigenvalue weighted by atomic mass is 16.5. The van der Waals surface area contributed by atoms with Gasteiger partial charge >= 0.3 is 5.97 Å². The SMILES string of the molecule is COCC(C)(Nc1ccc(C)cc1C)C(=O)O. The van der Waals surface area contributed by atoms with Crippen LogP contribution in [0.4, 0.5) is 5.69 Å². The van der Waals surface area contributed by atoms with E-state index in [4.69, 9.17) is 4.74 Å². The van der Waals surface area contributed by atoms with Gasteiger partial charge in [0.15, 0.2) is 5.54 Å². The predicted octanol–water partition coefficient (Wildman–Crippen LogP) is 2.21. The molecule has 0 fully saturated rings. The van der Waals surface area contributed by atoms with Crippen LogP contribution in [0.3, 0.4) is 0 Å². The fourth-order valence-electron chi connectivity index (χ4n) is 1.69. The predicted molar refractivity (Wildman–Crippen MR) is 67.5 cm³/mol. The summed E-state index contributed by atoms with van der Waals surface area (Å²) in [4.78, 5) is 11.3. The smallest absolute Gasteiger partial charge is 0.331 e. The normalized spacial score (nSPS) is 14.1. The van der Waals surface area contributed by atoms with Gasteiger partial charge < -0.3 is 15.2 Å². The Morgan fingerprint density at radius 2 is 2.12 bits per heavy atom. The van der Waals surface area contributed by atoms with Crippen LogP contribution in [-0.4, -0.2) is 30.3 Å². The molecule has 1 rings (SSSR count). The lowest BCUT2D eigenvalue weighted by atomic mass is 10.0. The second kappa shape index (κ2) is 5.19. The van der Waals surface area contributed by atoms with Crippen LogP contribution < -0.4 is 5.32 Å². The first kappa shape index (κ1) is 13.5. The highest BCUT2D eigenvalue weighted by Gasteiger charge is 2.33. The molecule has 1 aromatic carbocycles. The molecule has 1 aromatic rings. The molecule has 1 atom stereocenters. The standard InChI is InChI=1S/C13H19NO3/c1-9-5-6-11(10(2)7-9)14-13(3,8-17-4)12(15)16/h5-7,14H,8H2,1-4H3,(H,15,16). The number of benzene rings is 1. The molecule has 0 saturated carbocycles. The maximum Gasteiger partial charge on any atom is 0.331 e. The zero-order chi connectivity index (χ0) is 13.1. The molecule has 0 spiro atoms. The van der Waals surface area contributed by atoms with Gasteiger partial charge in [0, 0.05) is 12.8 Å². The maximum absolute atomic E-state index is 11.3. The van der Waals surface area contributed by atoms with Crippen molar-refractivity contribution >= 4 is 11.7 Å². The van der Waals surface area contributed by atoms with Crippen LogP contribution in [0.5, 0.6) is 0 Å². The van der Waals surface area contributed by atoms with Crippen LogP contribution in [0.15, 0.2) is 18.2 Å². The third-order valence-electron chi connectivity index (χ3n) is 2.70. The first-order valence-electron chi connectivity index (χ1n) is 5.47. The minimum atomic E-state index is -1.12. The van der Waals surface area contributed by atoms with Gasteiger partial charge in [-0.3, -0.25) is 0 Å². The Kier molecular flexibility index (Phi) is 4.12. The number of rotatable bonds is 5. The lowest BCUT2D eigenvalue weighted by Gasteiger charge is -2.27. The van der Waals surface area contributed by atoms with Crippen molar-refractivity contribution in [1.29, 1.82) is 0 Å². The fourth-order valence-corrected chi connectivity index (χ4v) is 1.69. The van der Waals surface area contributed by atoms with E-state index >= 15 is 0 Å². The molecule has 0 aliphatic carbocycles. The van der Waals surface area contributed by atoms with Crippen molar-refractivity contribution in [2.24, 2.45) is 0 Å². The molecule has 94 valence electrons. The summed E-state index contributed by atoms with van der Waals surface area (Å²) in [5.41, 5.74) is 1.87. The van der Waals surface area contributed by atoms with Crippen LogP contribution in [-0.2, 0) is 9.53 Å². The number of aliphatic carboxylic acids is 1. The number of hydrogen-bond donors (Lipinski definition) is 2. The van der Waals surface area contributed by atoms with Crippen LogP contribution in [0.2, 0.25) is 0 Å². The number of carbonyl (C=O) groups is 1. The van der Waals surface area contributed by atoms with Gasteiger partial charge in [-0.25, -0.2) is 4.79 Å². The summed E-state index contributed by atoms with van der Waals surface area (Å²) in [5.74, 6) is -0.931. The van der Waals surface area contributed by atoms with Crippen molar-refractivity contribution in [3.63, 3.8) is 0 Å². The molecule has 0 saturated heterocycles. The molecule has 4 nitrogen and oxygen atoms in total. The number of anilines is 1. The quantitative estimate of drug-likeness (QED) is 0.824. The number of hydrogen-bond acceptors (Lipinski definition) is 3. The fraction of sp³-hybridized carbons (Fsp3) is 0.462. The number of carboxylic acids is 1. The van der Waals surface area contributed by atoms with Crippen LogP contribution in [0, 0.1) is 13.8 Å². The van der Waals surface area contributed by atoms with E-state index in [1.54, 1.807) is 6.92 Å². The van der Waals surface area contributed by atoms with Crippen molar-refractivity contribution in [3.05, 3.63) is 29.3 Å². The van der Waals surface area contributed by atoms with E-state index in [1.165, 1.54) is 7.11 Å². The van der Waals surface area contributed by atoms with Crippen LogP contribution in [0.25, 0.3) is 0 Å². The van der Waals surface area contributed by atoms with E-state index < -0.39 is 11.5 Å². The van der Waals surface area contributed by atoms with Gasteiger partial charge in [0.1, 0.15) is 0 Å². The second-order valence-corrected chi connectivity index (χ2v) is 4.51. The Balaban J connectivity index is 2.98. The number of nitrogens with one attached hydrogen (secondary N) is 1. The van der Waals surface area contributed by atoms with E-state index in [0.29, 0.717) is 0 Å². The molecule has 17 heavy (non-hydrogen) atoms. The zero-order valence-electron chi connectivity index (χ0n) is 10.7. The van der Waals surface area contributed by atoms with Crippen molar-refractivity contribution in [2.45, 2.75) is 26.3 Å². The molecule has 2 N–H and O–H groups in total. The van der Waals surface area contributed by atoms with E-state index in [2.05, 4.69) is 5.32 Å². The third-order valence-corrected chi connectivity index (χ3v) is 2.70. The topological polar surface area (TPSA) is 58.6 Å². The molecule has 0 radical (unpaired) electrons. The average molecular weight is 237 g/mol. The summed E-state index contributed by atoms with van der Waals surface area (Å²) in [6.45, 7) is 5.67. The van der Waals surface area contributed by atoms with Gasteiger partial charge in [0.2, 0.25) is 0 Å². The first-order valence-corrected chi connectivity index (χ1v) is 5.47. The summed E-state index contributed by atoms with van der Waals surface area (Å²) in [5, 5.41) is 12.3. The van der Waals surface area contributed by atoms with Gasteiger partial charge in [-0.15, -0.1) is 0 Å². The van der Waals surface area contributed by atoms with Gasteiger partial charge in [0.05, 0.1) is 6.61 Å². The largest absolute Gasteiger partial charge is 0.479 e. The van der Waals surface area contributed by atoms with Crippen LogP contribution >= 0.6 is 0 Å². The Morgan fingerprint density at radius 1 is 1.47 bits per heavy atom. The highest BCUT2D eigenvalue weighted by Crippen LogP contribution is 2.21. The van der Waals surface area contributed by atoms with Gasteiger partial charge in [-0.1, -0.05) is 17.7 Å². The van der Waals surface area contributed by atoms with Crippen molar-refractivity contribution in [1.82, 2.24) is 0 Å². The van der Waals surface area contributed by atoms with Gasteiger partial charge in [-0.05, 0) is 32.4 Å². The number of methoxy groups -OCH3 is 1. The lowest BCUT2D eigenvalue weighted by Crippen LogP contribution is -2.47. The van der Waals surface area contributed by atoms with E-state index in [1.807, 2.05) is 32.0 Å². The summed E-state index contributed by atoms with van der Waals surface area (Å²) in [6, 6.07) is 5.85. The van der Waals surface area contributed by atoms with E-state index in [9.17, 15) is 9.90 Å². The molecule has 0 aromatic heterocycles. The third kappa shape index (κ3) is 3.20. The molecular weight excluding hydrogens is 218 g/mol. The molecule has 0 amide bonds. The van der Waals surface area contributed by atoms with Crippen LogP contribution in [0.1, 0.15) is 18.1 Å². The van der Waals surface area contributed by atoms with E-state index in [-0.39, 0.29) is 6.61 Å². The Labute approximate surface area is 102 Å². The number of aryl methyl sites for hydroxylation is 2. The minimum absolute atomic E-state index is 0.107. The minimum Gasteiger partial charge on any atom is -0.479 e. The molecule has 0 bridgehead atoms.